The Bertz CT molecular complexity index is 1150. The van der Waals surface area contributed by atoms with E-state index in [1.807, 2.05) is 26.8 Å². The monoisotopic (exact) mass is 430 g/mol. The highest BCUT2D eigenvalue weighted by Gasteiger charge is 2.42. The van der Waals surface area contributed by atoms with E-state index in [0.29, 0.717) is 23.6 Å². The number of carbonyl (C=O) groups is 1. The Morgan fingerprint density at radius 1 is 1.27 bits per heavy atom. The molecule has 8 heteroatoms. The van der Waals surface area contributed by atoms with E-state index < -0.39 is 11.7 Å². The van der Waals surface area contributed by atoms with Crippen molar-refractivity contribution in [3.63, 3.8) is 0 Å². The van der Waals surface area contributed by atoms with Gasteiger partial charge in [0.05, 0.1) is 11.4 Å². The van der Waals surface area contributed by atoms with Crippen LogP contribution in [0.15, 0.2) is 30.6 Å². The van der Waals surface area contributed by atoms with Crippen molar-refractivity contribution < 1.29 is 13.9 Å². The van der Waals surface area contributed by atoms with E-state index in [0.717, 1.165) is 22.5 Å². The van der Waals surface area contributed by atoms with E-state index in [1.54, 1.807) is 15.5 Å². The largest absolute Gasteiger partial charge is 0.443 e. The Morgan fingerprint density at radius 3 is 2.67 bits per heavy atom. The second-order valence-electron chi connectivity index (χ2n) is 9.26. The summed E-state index contributed by atoms with van der Waals surface area (Å²) < 4.78 is 20.9. The zero-order valence-electron chi connectivity index (χ0n) is 17.7. The first-order valence-electron chi connectivity index (χ1n) is 9.77. The van der Waals surface area contributed by atoms with Gasteiger partial charge in [-0.2, -0.15) is 5.10 Å². The van der Waals surface area contributed by atoms with Crippen LogP contribution in [0.25, 0.3) is 5.65 Å². The van der Waals surface area contributed by atoms with Crippen LogP contribution in [0, 0.1) is 5.82 Å². The molecule has 0 spiro atoms. The normalized spacial score (nSPS) is 15.5. The number of anilines is 1. The summed E-state index contributed by atoms with van der Waals surface area (Å²) in [6.45, 7) is 10.1. The molecule has 0 atom stereocenters. The van der Waals surface area contributed by atoms with Crippen molar-refractivity contribution in [3.8, 4) is 0 Å². The predicted octanol–water partition coefficient (Wildman–Crippen LogP) is 5.15. The molecule has 1 aliphatic heterocycles. The number of rotatable bonds is 2. The molecular weight excluding hydrogens is 407 g/mol. The molecule has 1 aliphatic rings. The molecule has 0 bridgehead atoms. The fraction of sp³-hybridized carbons (Fsp3) is 0.409. The zero-order valence-corrected chi connectivity index (χ0v) is 18.4. The molecule has 0 N–H and O–H groups in total. The summed E-state index contributed by atoms with van der Waals surface area (Å²) in [5, 5.41) is 4.77. The van der Waals surface area contributed by atoms with Crippen LogP contribution in [0.5, 0.6) is 0 Å². The summed E-state index contributed by atoms with van der Waals surface area (Å²) in [7, 11) is 0. The van der Waals surface area contributed by atoms with Gasteiger partial charge in [0, 0.05) is 29.0 Å². The molecule has 0 fully saturated rings. The average Bonchev–Trinajstić information content (AvgIpc) is 3.18. The van der Waals surface area contributed by atoms with Crippen LogP contribution in [0.2, 0.25) is 5.02 Å². The number of benzene rings is 1. The molecule has 2 aromatic heterocycles. The Morgan fingerprint density at radius 2 is 2.00 bits per heavy atom. The van der Waals surface area contributed by atoms with Crippen molar-refractivity contribution in [1.82, 2.24) is 14.6 Å². The fourth-order valence-electron chi connectivity index (χ4n) is 3.91. The highest BCUT2D eigenvalue weighted by atomic mass is 35.5. The summed E-state index contributed by atoms with van der Waals surface area (Å²) in [5.74, 6) is -0.386. The van der Waals surface area contributed by atoms with E-state index in [9.17, 15) is 9.18 Å². The van der Waals surface area contributed by atoms with Gasteiger partial charge in [-0.1, -0.05) is 31.5 Å². The number of fused-ring (bicyclic) bond motifs is 3. The number of halogens is 2. The first-order valence-corrected chi connectivity index (χ1v) is 10.1. The van der Waals surface area contributed by atoms with E-state index in [2.05, 4.69) is 23.9 Å². The molecular formula is C22H24ClFN4O2. The van der Waals surface area contributed by atoms with E-state index in [-0.39, 0.29) is 11.2 Å². The summed E-state index contributed by atoms with van der Waals surface area (Å²) in [5.41, 5.74) is 2.98. The lowest BCUT2D eigenvalue weighted by molar-refractivity contribution is 0.0579. The van der Waals surface area contributed by atoms with Gasteiger partial charge in [0.25, 0.3) is 0 Å². The first kappa shape index (κ1) is 20.6. The molecule has 1 aromatic carbocycles. The third-order valence-electron chi connectivity index (χ3n) is 5.10. The van der Waals surface area contributed by atoms with Crippen LogP contribution < -0.4 is 4.90 Å². The molecule has 0 aliphatic carbocycles. The number of ether oxygens (including phenoxy) is 1. The van der Waals surface area contributed by atoms with Gasteiger partial charge in [0.1, 0.15) is 17.7 Å². The van der Waals surface area contributed by atoms with E-state index >= 15 is 0 Å². The van der Waals surface area contributed by atoms with Gasteiger partial charge in [-0.15, -0.1) is 0 Å². The highest BCUT2D eigenvalue weighted by Crippen LogP contribution is 2.42. The molecule has 0 saturated heterocycles. The lowest BCUT2D eigenvalue weighted by Gasteiger charge is -2.25. The van der Waals surface area contributed by atoms with Crippen LogP contribution in [0.3, 0.4) is 0 Å². The predicted molar refractivity (Wildman–Crippen MR) is 114 cm³/mol. The van der Waals surface area contributed by atoms with E-state index in [4.69, 9.17) is 16.3 Å². The van der Waals surface area contributed by atoms with Gasteiger partial charge in [0.2, 0.25) is 0 Å². The Kier molecular flexibility index (Phi) is 4.77. The Balaban J connectivity index is 1.84. The molecule has 3 heterocycles. The van der Waals surface area contributed by atoms with Gasteiger partial charge in [-0.3, -0.25) is 4.90 Å². The van der Waals surface area contributed by atoms with Crippen molar-refractivity contribution in [2.75, 3.05) is 11.4 Å². The SMILES string of the molecule is CC(C)(C)OC(=O)N1CC(C)(C)c2c1cc(Cc1ccc(F)cc1Cl)c1ncnn21. The minimum atomic E-state index is -0.605. The maximum absolute atomic E-state index is 13.5. The van der Waals surface area contributed by atoms with Crippen LogP contribution in [0.1, 0.15) is 51.4 Å². The summed E-state index contributed by atoms with van der Waals surface area (Å²) in [6.07, 6.45) is 1.52. The van der Waals surface area contributed by atoms with Gasteiger partial charge in [-0.05, 0) is 44.5 Å². The molecule has 0 radical (unpaired) electrons. The van der Waals surface area contributed by atoms with Gasteiger partial charge in [-0.25, -0.2) is 18.7 Å². The highest BCUT2D eigenvalue weighted by molar-refractivity contribution is 6.31. The van der Waals surface area contributed by atoms with Crippen molar-refractivity contribution in [2.45, 2.75) is 52.1 Å². The van der Waals surface area contributed by atoms with E-state index in [1.165, 1.54) is 18.5 Å². The molecule has 6 nitrogen and oxygen atoms in total. The lowest BCUT2D eigenvalue weighted by Crippen LogP contribution is -2.38. The van der Waals surface area contributed by atoms with Gasteiger partial charge >= 0.3 is 6.09 Å². The van der Waals surface area contributed by atoms with Gasteiger partial charge < -0.3 is 4.74 Å². The van der Waals surface area contributed by atoms with Gasteiger partial charge in [0.15, 0.2) is 5.65 Å². The minimum Gasteiger partial charge on any atom is -0.443 e. The topological polar surface area (TPSA) is 59.7 Å². The van der Waals surface area contributed by atoms with Crippen LogP contribution in [0.4, 0.5) is 14.9 Å². The van der Waals surface area contributed by atoms with Crippen molar-refractivity contribution in [3.05, 3.63) is 58.3 Å². The number of hydrogen-bond donors (Lipinski definition) is 0. The van der Waals surface area contributed by atoms with Crippen LogP contribution in [-0.4, -0.2) is 32.8 Å². The second-order valence-corrected chi connectivity index (χ2v) is 9.67. The molecule has 0 unspecified atom stereocenters. The fourth-order valence-corrected chi connectivity index (χ4v) is 4.14. The maximum atomic E-state index is 13.5. The first-order chi connectivity index (χ1) is 14.0. The molecule has 1 amide bonds. The van der Waals surface area contributed by atoms with Crippen molar-refractivity contribution in [1.29, 1.82) is 0 Å². The second kappa shape index (κ2) is 6.94. The lowest BCUT2D eigenvalue weighted by atomic mass is 9.90. The average molecular weight is 431 g/mol. The Hall–Kier alpha value is -2.67. The number of nitrogens with zero attached hydrogens (tertiary/aromatic N) is 4. The maximum Gasteiger partial charge on any atom is 0.414 e. The number of hydrogen-bond acceptors (Lipinski definition) is 4. The molecule has 3 aromatic rings. The molecule has 4 rings (SSSR count). The number of carbonyl (C=O) groups excluding carboxylic acids is 1. The summed E-state index contributed by atoms with van der Waals surface area (Å²) in [6, 6.07) is 6.28. The number of amides is 1. The summed E-state index contributed by atoms with van der Waals surface area (Å²) in [4.78, 5) is 19.0. The van der Waals surface area contributed by atoms with Crippen molar-refractivity contribution in [2.24, 2.45) is 0 Å². The molecule has 30 heavy (non-hydrogen) atoms. The zero-order chi connectivity index (χ0) is 21.8. The number of pyridine rings is 1. The van der Waals surface area contributed by atoms with Crippen molar-refractivity contribution >= 4 is 29.0 Å². The van der Waals surface area contributed by atoms with Crippen LogP contribution in [-0.2, 0) is 16.6 Å². The molecule has 158 valence electrons. The van der Waals surface area contributed by atoms with Crippen LogP contribution >= 0.6 is 11.6 Å². The number of aromatic nitrogens is 3. The smallest absolute Gasteiger partial charge is 0.414 e. The summed E-state index contributed by atoms with van der Waals surface area (Å²) >= 11 is 6.25. The third kappa shape index (κ3) is 3.62. The third-order valence-corrected chi connectivity index (χ3v) is 5.45. The standard InChI is InChI=1S/C22H24ClFN4O2/c1-21(2,3)30-20(29)27-11-22(4,5)18-17(27)9-14(19-25-12-26-28(18)19)8-13-6-7-15(24)10-16(13)23/h6-7,9-10,12H,8,11H2,1-5H3. The minimum absolute atomic E-state index is 0.343. The Labute approximate surface area is 179 Å². The quantitative estimate of drug-likeness (QED) is 0.564. The molecule has 0 saturated carbocycles.